The predicted octanol–water partition coefficient (Wildman–Crippen LogP) is 2.57. The van der Waals surface area contributed by atoms with Gasteiger partial charge in [-0.2, -0.15) is 0 Å². The largest absolute Gasteiger partial charge is 0.389 e. The predicted molar refractivity (Wildman–Crippen MR) is 53.3 cm³/mol. The van der Waals surface area contributed by atoms with E-state index in [-0.39, 0.29) is 0 Å². The Hall–Kier alpha value is 0.440. The highest BCUT2D eigenvalue weighted by Crippen LogP contribution is 2.67. The van der Waals surface area contributed by atoms with Crippen molar-refractivity contribution >= 4 is 15.9 Å². The lowest BCUT2D eigenvalue weighted by Gasteiger charge is -2.32. The monoisotopic (exact) mass is 232 g/mol. The Kier molecular flexibility index (Phi) is 1.70. The fraction of sp³-hybridized carbons (Fsp3) is 1.00. The minimum atomic E-state index is -0.477. The zero-order valence-corrected chi connectivity index (χ0v) is 9.56. The summed E-state index contributed by atoms with van der Waals surface area (Å²) in [5, 5.41) is 10.0. The average molecular weight is 233 g/mol. The molecule has 0 aromatic rings. The van der Waals surface area contributed by atoms with E-state index >= 15 is 0 Å². The van der Waals surface area contributed by atoms with E-state index in [0.717, 1.165) is 24.7 Å². The van der Waals surface area contributed by atoms with E-state index in [4.69, 9.17) is 0 Å². The highest BCUT2D eigenvalue weighted by Gasteiger charge is 2.63. The van der Waals surface area contributed by atoms with Gasteiger partial charge in [0.1, 0.15) is 0 Å². The number of hydrogen-bond acceptors (Lipinski definition) is 1. The van der Waals surface area contributed by atoms with E-state index in [0.29, 0.717) is 10.2 Å². The quantitative estimate of drug-likeness (QED) is 0.637. The summed E-state index contributed by atoms with van der Waals surface area (Å²) >= 11 is 3.58. The van der Waals surface area contributed by atoms with E-state index in [1.807, 2.05) is 6.92 Å². The Balaban J connectivity index is 2.14. The standard InChI is InChI=1S/C10H17BrO/c1-9(2)6-4-8(11)10(3,12)5-7(6)9/h6-8,12H,4-5H2,1-3H3/t6-,7+,8-,10-/m1/s1. The number of hydrogen-bond donors (Lipinski definition) is 1. The van der Waals surface area contributed by atoms with E-state index in [2.05, 4.69) is 29.8 Å². The fourth-order valence-electron chi connectivity index (χ4n) is 2.78. The van der Waals surface area contributed by atoms with Crippen molar-refractivity contribution in [3.05, 3.63) is 0 Å². The Morgan fingerprint density at radius 2 is 1.83 bits per heavy atom. The first-order valence-electron chi connectivity index (χ1n) is 4.72. The average Bonchev–Trinajstić information content (AvgIpc) is 2.37. The topological polar surface area (TPSA) is 20.2 Å². The molecule has 0 spiro atoms. The highest BCUT2D eigenvalue weighted by atomic mass is 79.9. The van der Waals surface area contributed by atoms with Crippen LogP contribution in [-0.2, 0) is 0 Å². The molecule has 0 heterocycles. The van der Waals surface area contributed by atoms with Crippen molar-refractivity contribution in [2.45, 2.75) is 44.0 Å². The first-order chi connectivity index (χ1) is 5.36. The summed E-state index contributed by atoms with van der Waals surface area (Å²) in [5.74, 6) is 1.61. The van der Waals surface area contributed by atoms with Gasteiger partial charge in [0.2, 0.25) is 0 Å². The van der Waals surface area contributed by atoms with Crippen molar-refractivity contribution in [1.82, 2.24) is 0 Å². The van der Waals surface area contributed by atoms with Crippen molar-refractivity contribution in [2.75, 3.05) is 0 Å². The molecule has 2 fully saturated rings. The van der Waals surface area contributed by atoms with Gasteiger partial charge in [-0.05, 0) is 37.0 Å². The molecule has 0 aromatic heterocycles. The molecular formula is C10H17BrO. The van der Waals surface area contributed by atoms with Crippen LogP contribution >= 0.6 is 15.9 Å². The Labute approximate surface area is 82.7 Å². The third kappa shape index (κ3) is 1.07. The molecule has 4 atom stereocenters. The van der Waals surface area contributed by atoms with Crippen molar-refractivity contribution in [3.63, 3.8) is 0 Å². The summed E-state index contributed by atoms with van der Waals surface area (Å²) in [7, 11) is 0. The van der Waals surface area contributed by atoms with E-state index in [1.54, 1.807) is 0 Å². The van der Waals surface area contributed by atoms with Crippen LogP contribution in [0.2, 0.25) is 0 Å². The van der Waals surface area contributed by atoms with Gasteiger partial charge < -0.3 is 5.11 Å². The molecule has 70 valence electrons. The maximum Gasteiger partial charge on any atom is 0.0747 e. The van der Waals surface area contributed by atoms with E-state index in [9.17, 15) is 5.11 Å². The van der Waals surface area contributed by atoms with E-state index in [1.165, 1.54) is 0 Å². The first-order valence-corrected chi connectivity index (χ1v) is 5.64. The van der Waals surface area contributed by atoms with Crippen LogP contribution in [0.3, 0.4) is 0 Å². The lowest BCUT2D eigenvalue weighted by molar-refractivity contribution is 0.0264. The molecule has 0 saturated heterocycles. The minimum Gasteiger partial charge on any atom is -0.389 e. The number of alkyl halides is 1. The summed E-state index contributed by atoms with van der Waals surface area (Å²) in [6, 6.07) is 0. The molecule has 0 bridgehead atoms. The van der Waals surface area contributed by atoms with Crippen molar-refractivity contribution < 1.29 is 5.11 Å². The third-order valence-electron chi connectivity index (χ3n) is 4.06. The van der Waals surface area contributed by atoms with Gasteiger partial charge >= 0.3 is 0 Å². The molecule has 2 aliphatic rings. The van der Waals surface area contributed by atoms with Crippen molar-refractivity contribution in [3.8, 4) is 0 Å². The number of fused-ring (bicyclic) bond motifs is 1. The highest BCUT2D eigenvalue weighted by molar-refractivity contribution is 9.09. The molecule has 2 rings (SSSR count). The molecule has 0 aromatic carbocycles. The third-order valence-corrected chi connectivity index (χ3v) is 5.42. The summed E-state index contributed by atoms with van der Waals surface area (Å²) in [4.78, 5) is 0.299. The molecule has 2 heteroatoms. The van der Waals surface area contributed by atoms with Gasteiger partial charge in [0.05, 0.1) is 5.60 Å². The molecule has 2 aliphatic carbocycles. The van der Waals surface area contributed by atoms with Crippen LogP contribution < -0.4 is 0 Å². The molecule has 0 aliphatic heterocycles. The zero-order valence-electron chi connectivity index (χ0n) is 7.97. The van der Waals surface area contributed by atoms with Crippen LogP contribution in [0.15, 0.2) is 0 Å². The van der Waals surface area contributed by atoms with Crippen molar-refractivity contribution in [2.24, 2.45) is 17.3 Å². The van der Waals surface area contributed by atoms with Crippen LogP contribution in [0.1, 0.15) is 33.6 Å². The van der Waals surface area contributed by atoms with Gasteiger partial charge in [0, 0.05) is 4.83 Å². The van der Waals surface area contributed by atoms with E-state index < -0.39 is 5.60 Å². The summed E-state index contributed by atoms with van der Waals surface area (Å²) in [6.45, 7) is 6.60. The van der Waals surface area contributed by atoms with Gasteiger partial charge in [-0.1, -0.05) is 29.8 Å². The van der Waals surface area contributed by atoms with Crippen LogP contribution in [0.5, 0.6) is 0 Å². The Morgan fingerprint density at radius 3 is 2.33 bits per heavy atom. The zero-order chi connectivity index (χ0) is 9.15. The second-order valence-corrected chi connectivity index (χ2v) is 6.40. The number of aliphatic hydroxyl groups is 1. The molecule has 12 heavy (non-hydrogen) atoms. The molecule has 1 nitrogen and oxygen atoms in total. The Bertz CT molecular complexity index is 210. The maximum absolute atomic E-state index is 10.0. The SMILES string of the molecule is CC1(C)[C@@H]2C[C@@H](Br)[C@](C)(O)C[C@@H]21. The molecule has 0 radical (unpaired) electrons. The lowest BCUT2D eigenvalue weighted by atomic mass is 9.86. The summed E-state index contributed by atoms with van der Waals surface area (Å²) in [5.41, 5.74) is 0.0153. The lowest BCUT2D eigenvalue weighted by Crippen LogP contribution is -2.38. The van der Waals surface area contributed by atoms with Crippen LogP contribution in [0.4, 0.5) is 0 Å². The van der Waals surface area contributed by atoms with Gasteiger partial charge in [0.15, 0.2) is 0 Å². The Morgan fingerprint density at radius 1 is 1.25 bits per heavy atom. The summed E-state index contributed by atoms with van der Waals surface area (Å²) < 4.78 is 0. The molecule has 0 amide bonds. The fourth-order valence-corrected chi connectivity index (χ4v) is 3.37. The van der Waals surface area contributed by atoms with Gasteiger partial charge in [-0.3, -0.25) is 0 Å². The minimum absolute atomic E-state index is 0.299. The summed E-state index contributed by atoms with van der Waals surface area (Å²) in [6.07, 6.45) is 2.12. The molecule has 0 unspecified atom stereocenters. The van der Waals surface area contributed by atoms with Gasteiger partial charge in [-0.15, -0.1) is 0 Å². The number of rotatable bonds is 0. The van der Waals surface area contributed by atoms with Gasteiger partial charge in [0.25, 0.3) is 0 Å². The second kappa shape index (κ2) is 2.27. The molecule has 2 saturated carbocycles. The van der Waals surface area contributed by atoms with Crippen molar-refractivity contribution in [1.29, 1.82) is 0 Å². The van der Waals surface area contributed by atoms with Gasteiger partial charge in [-0.25, -0.2) is 0 Å². The molecule has 1 N–H and O–H groups in total. The van der Waals surface area contributed by atoms with Crippen LogP contribution in [0, 0.1) is 17.3 Å². The number of halogens is 1. The maximum atomic E-state index is 10.0. The van der Waals surface area contributed by atoms with Crippen LogP contribution in [0.25, 0.3) is 0 Å². The van der Waals surface area contributed by atoms with Crippen LogP contribution in [-0.4, -0.2) is 15.5 Å². The smallest absolute Gasteiger partial charge is 0.0747 e. The second-order valence-electron chi connectivity index (χ2n) is 5.30. The first kappa shape index (κ1) is 9.01. The normalized spacial score (nSPS) is 56.2. The molecular weight excluding hydrogens is 216 g/mol.